The number of amides is 1. The van der Waals surface area contributed by atoms with Crippen LogP contribution in [0.1, 0.15) is 25.7 Å². The number of carbonyl (C=O) groups is 1. The minimum Gasteiger partial charge on any atom is -0.376 e. The molecule has 0 aliphatic carbocycles. The summed E-state index contributed by atoms with van der Waals surface area (Å²) < 4.78 is 62.0. The molecule has 2 saturated heterocycles. The van der Waals surface area contributed by atoms with Gasteiger partial charge < -0.3 is 4.74 Å². The van der Waals surface area contributed by atoms with Gasteiger partial charge in [0.1, 0.15) is 17.4 Å². The van der Waals surface area contributed by atoms with Crippen LogP contribution in [0.25, 0.3) is 10.2 Å². The third-order valence-electron chi connectivity index (χ3n) is 6.22. The number of sulfonamides is 1. The van der Waals surface area contributed by atoms with Crippen LogP contribution in [-0.4, -0.2) is 55.5 Å². The fourth-order valence-corrected chi connectivity index (χ4v) is 7.31. The fourth-order valence-electron chi connectivity index (χ4n) is 4.51. The molecule has 2 aliphatic heterocycles. The van der Waals surface area contributed by atoms with Gasteiger partial charge in [0.2, 0.25) is 15.9 Å². The zero-order chi connectivity index (χ0) is 24.7. The van der Waals surface area contributed by atoms with Gasteiger partial charge in [0.25, 0.3) is 0 Å². The fraction of sp³-hybridized carbons (Fsp3) is 0.391. The summed E-state index contributed by atoms with van der Waals surface area (Å²) in [4.78, 5) is 19.6. The van der Waals surface area contributed by atoms with Crippen molar-refractivity contribution in [3.05, 3.63) is 53.1 Å². The molecule has 1 amide bonds. The smallest absolute Gasteiger partial charge is 0.247 e. The minimum absolute atomic E-state index is 0.0337. The van der Waals surface area contributed by atoms with E-state index in [1.165, 1.54) is 39.5 Å². The molecule has 35 heavy (non-hydrogen) atoms. The van der Waals surface area contributed by atoms with Crippen molar-refractivity contribution in [2.45, 2.75) is 42.7 Å². The van der Waals surface area contributed by atoms with Gasteiger partial charge in [-0.25, -0.2) is 22.2 Å². The van der Waals surface area contributed by atoms with E-state index in [0.717, 1.165) is 30.2 Å². The largest absolute Gasteiger partial charge is 0.376 e. The van der Waals surface area contributed by atoms with Crippen LogP contribution in [0.3, 0.4) is 0 Å². The van der Waals surface area contributed by atoms with E-state index in [2.05, 4.69) is 4.98 Å². The maximum atomic E-state index is 14.3. The first kappa shape index (κ1) is 24.5. The first-order valence-electron chi connectivity index (χ1n) is 11.2. The van der Waals surface area contributed by atoms with Gasteiger partial charge in [-0.2, -0.15) is 4.31 Å². The van der Waals surface area contributed by atoms with Crippen molar-refractivity contribution < 1.29 is 26.7 Å². The van der Waals surface area contributed by atoms with Crippen LogP contribution in [0.4, 0.5) is 13.9 Å². The number of anilines is 1. The van der Waals surface area contributed by atoms with E-state index in [9.17, 15) is 22.0 Å². The average Bonchev–Trinajstić information content (AvgIpc) is 3.57. The van der Waals surface area contributed by atoms with E-state index in [-0.39, 0.29) is 39.4 Å². The number of halogens is 3. The molecule has 7 nitrogen and oxygen atoms in total. The molecule has 0 N–H and O–H groups in total. The maximum absolute atomic E-state index is 14.3. The zero-order valence-electron chi connectivity index (χ0n) is 18.5. The molecule has 2 aliphatic rings. The summed E-state index contributed by atoms with van der Waals surface area (Å²) in [5.41, 5.74) is -0.0337. The van der Waals surface area contributed by atoms with Crippen molar-refractivity contribution in [2.24, 2.45) is 0 Å². The quantitative estimate of drug-likeness (QED) is 0.456. The van der Waals surface area contributed by atoms with Gasteiger partial charge in [0.05, 0.1) is 22.2 Å². The highest BCUT2D eigenvalue weighted by atomic mass is 35.5. The van der Waals surface area contributed by atoms with Crippen molar-refractivity contribution in [1.82, 2.24) is 9.29 Å². The Labute approximate surface area is 210 Å². The van der Waals surface area contributed by atoms with E-state index in [1.807, 2.05) is 0 Å². The number of rotatable bonds is 6. The molecule has 2 aromatic carbocycles. The summed E-state index contributed by atoms with van der Waals surface area (Å²) in [6.45, 7) is 0.899. The van der Waals surface area contributed by atoms with Crippen LogP contribution in [0, 0.1) is 11.6 Å². The molecule has 0 bridgehead atoms. The molecule has 3 aromatic rings. The molecule has 12 heteroatoms. The summed E-state index contributed by atoms with van der Waals surface area (Å²) in [6.07, 6.45) is 2.16. The third-order valence-corrected chi connectivity index (χ3v) is 9.42. The Hall–Kier alpha value is -2.18. The normalized spacial score (nSPS) is 21.1. The molecule has 0 radical (unpaired) electrons. The van der Waals surface area contributed by atoms with Gasteiger partial charge in [0.15, 0.2) is 10.9 Å². The summed E-state index contributed by atoms with van der Waals surface area (Å²) in [5.74, 6) is -2.02. The number of hydrogen-bond acceptors (Lipinski definition) is 6. The molecule has 2 atom stereocenters. The Balaban J connectivity index is 1.50. The van der Waals surface area contributed by atoms with Crippen LogP contribution in [0.2, 0.25) is 5.02 Å². The lowest BCUT2D eigenvalue weighted by atomic mass is 10.2. The van der Waals surface area contributed by atoms with Gasteiger partial charge in [-0.15, -0.1) is 0 Å². The Morgan fingerprint density at radius 2 is 1.97 bits per heavy atom. The Morgan fingerprint density at radius 3 is 2.69 bits per heavy atom. The lowest BCUT2D eigenvalue weighted by molar-refractivity contribution is -0.122. The first-order chi connectivity index (χ1) is 16.7. The molecule has 2 unspecified atom stereocenters. The molecule has 0 saturated carbocycles. The third kappa shape index (κ3) is 4.79. The molecular formula is C23H22ClF2N3O4S2. The number of ether oxygens (including phenoxy) is 1. The van der Waals surface area contributed by atoms with Crippen LogP contribution in [0.15, 0.2) is 41.3 Å². The molecule has 186 valence electrons. The highest BCUT2D eigenvalue weighted by Crippen LogP contribution is 2.35. The van der Waals surface area contributed by atoms with Gasteiger partial charge in [-0.05, 0) is 56.0 Å². The van der Waals surface area contributed by atoms with Crippen LogP contribution in [-0.2, 0) is 19.6 Å². The van der Waals surface area contributed by atoms with E-state index in [4.69, 9.17) is 16.3 Å². The van der Waals surface area contributed by atoms with Crippen LogP contribution >= 0.6 is 22.9 Å². The number of benzene rings is 2. The van der Waals surface area contributed by atoms with Gasteiger partial charge in [0, 0.05) is 24.2 Å². The second-order valence-corrected chi connectivity index (χ2v) is 11.9. The number of hydrogen-bond donors (Lipinski definition) is 0. The summed E-state index contributed by atoms with van der Waals surface area (Å²) >= 11 is 6.89. The van der Waals surface area contributed by atoms with Crippen molar-refractivity contribution >= 4 is 54.2 Å². The first-order valence-corrected chi connectivity index (χ1v) is 13.8. The van der Waals surface area contributed by atoms with Crippen molar-refractivity contribution in [1.29, 1.82) is 0 Å². The molecule has 0 spiro atoms. The molecule has 3 heterocycles. The van der Waals surface area contributed by atoms with Crippen molar-refractivity contribution in [3.8, 4) is 0 Å². The Bertz CT molecular complexity index is 1360. The number of fused-ring (bicyclic) bond motifs is 1. The van der Waals surface area contributed by atoms with E-state index < -0.39 is 33.6 Å². The second kappa shape index (κ2) is 9.70. The molecule has 5 rings (SSSR count). The lowest BCUT2D eigenvalue weighted by Crippen LogP contribution is -2.49. The number of carbonyl (C=O) groups excluding carboxylic acids is 1. The SMILES string of the molecule is O=C(C1CCCN1S(=O)(=O)c1ccc(Cl)cc1)N(CC1CCCO1)c1nc2c(F)cc(F)cc2s1. The second-order valence-electron chi connectivity index (χ2n) is 8.54. The van der Waals surface area contributed by atoms with E-state index in [1.54, 1.807) is 0 Å². The van der Waals surface area contributed by atoms with E-state index in [0.29, 0.717) is 24.5 Å². The predicted octanol–water partition coefficient (Wildman–Crippen LogP) is 4.59. The van der Waals surface area contributed by atoms with Gasteiger partial charge >= 0.3 is 0 Å². The van der Waals surface area contributed by atoms with Gasteiger partial charge in [-0.1, -0.05) is 22.9 Å². The van der Waals surface area contributed by atoms with Crippen molar-refractivity contribution in [3.63, 3.8) is 0 Å². The van der Waals surface area contributed by atoms with Crippen LogP contribution in [0.5, 0.6) is 0 Å². The number of aromatic nitrogens is 1. The molecular weight excluding hydrogens is 520 g/mol. The summed E-state index contributed by atoms with van der Waals surface area (Å²) in [7, 11) is -3.96. The van der Waals surface area contributed by atoms with Crippen molar-refractivity contribution in [2.75, 3.05) is 24.6 Å². The average molecular weight is 542 g/mol. The summed E-state index contributed by atoms with van der Waals surface area (Å²) in [6, 6.07) is 6.75. The predicted molar refractivity (Wildman–Crippen MR) is 129 cm³/mol. The maximum Gasteiger partial charge on any atom is 0.247 e. The number of thiazole rings is 1. The minimum atomic E-state index is -3.96. The highest BCUT2D eigenvalue weighted by Gasteiger charge is 2.42. The summed E-state index contributed by atoms with van der Waals surface area (Å²) in [5, 5.41) is 0.584. The van der Waals surface area contributed by atoms with Gasteiger partial charge in [-0.3, -0.25) is 9.69 Å². The molecule has 1 aromatic heterocycles. The standard InChI is InChI=1S/C23H22ClF2N3O4S2/c24-14-5-7-17(8-6-14)35(31,32)29-9-1-4-19(29)22(30)28(13-16-3-2-10-33-16)23-27-21-18(26)11-15(25)12-20(21)34-23/h5-8,11-12,16,19H,1-4,9-10,13H2. The Kier molecular flexibility index (Phi) is 6.79. The lowest BCUT2D eigenvalue weighted by Gasteiger charge is -2.29. The van der Waals surface area contributed by atoms with Crippen LogP contribution < -0.4 is 4.90 Å². The highest BCUT2D eigenvalue weighted by molar-refractivity contribution is 7.89. The molecule has 2 fully saturated rings. The monoisotopic (exact) mass is 541 g/mol. The number of nitrogens with zero attached hydrogens (tertiary/aromatic N) is 3. The zero-order valence-corrected chi connectivity index (χ0v) is 20.9. The topological polar surface area (TPSA) is 79.8 Å². The Morgan fingerprint density at radius 1 is 1.20 bits per heavy atom. The van der Waals surface area contributed by atoms with E-state index >= 15 is 0 Å².